The van der Waals surface area contributed by atoms with E-state index < -0.39 is 84.6 Å². The minimum absolute atomic E-state index is 0.0549. The molecule has 38 heavy (non-hydrogen) atoms. The molecule has 0 atom stereocenters. The average molecular weight is 499 g/mol. The van der Waals surface area contributed by atoms with E-state index in [1.165, 1.54) is 4.57 Å². The number of para-hydroxylation sites is 3. The lowest BCUT2D eigenvalue weighted by atomic mass is 9.99. The Kier molecular flexibility index (Phi) is 2.50. The summed E-state index contributed by atoms with van der Waals surface area (Å²) < 4.78 is 125. The Bertz CT molecular complexity index is 2890. The molecule has 1 N–H and O–H groups in total. The molecular formula is C36H24N2. The van der Waals surface area contributed by atoms with Gasteiger partial charge in [-0.05, 0) is 53.0 Å². The summed E-state index contributed by atoms with van der Waals surface area (Å²) in [5, 5.41) is -0.417. The molecule has 0 saturated carbocycles. The normalized spacial score (nSPS) is 16.8. The molecule has 0 spiro atoms. The Labute approximate surface area is 240 Å². The van der Waals surface area contributed by atoms with Crippen LogP contribution in [-0.4, -0.2) is 9.55 Å². The van der Waals surface area contributed by atoms with Crippen LogP contribution in [0, 0.1) is 0 Å². The van der Waals surface area contributed by atoms with Crippen molar-refractivity contribution in [1.29, 1.82) is 0 Å². The maximum Gasteiger partial charge on any atom is 0.0645 e. The first-order valence-electron chi connectivity index (χ1n) is 18.9. The SMILES string of the molecule is [2H]c1c([2H])c([2H])c2c([nH]c3c([2H])c([2H])c(-c4c([2H])c([2H])c([2H])c5c6c([2H])c([2H])c([2H])c([2H])c6n(-c6cccc(-c7ccccc7)c6)c45)c([2H])c32)c1[2H]. The maximum atomic E-state index is 9.50. The van der Waals surface area contributed by atoms with Gasteiger partial charge in [-0.3, -0.25) is 0 Å². The van der Waals surface area contributed by atoms with E-state index >= 15 is 0 Å². The number of fused-ring (bicyclic) bond motifs is 6. The number of rotatable bonds is 3. The van der Waals surface area contributed by atoms with Gasteiger partial charge in [-0.1, -0.05) is 103 Å². The molecule has 0 amide bonds. The van der Waals surface area contributed by atoms with Crippen molar-refractivity contribution in [1.82, 2.24) is 9.55 Å². The molecule has 0 aliphatic heterocycles. The molecule has 0 aliphatic carbocycles. The van der Waals surface area contributed by atoms with Crippen molar-refractivity contribution in [2.45, 2.75) is 0 Å². The predicted molar refractivity (Wildman–Crippen MR) is 161 cm³/mol. The molecular weight excluding hydrogens is 460 g/mol. The number of benzene rings is 6. The minimum atomic E-state index is -0.640. The summed E-state index contributed by atoms with van der Waals surface area (Å²) in [7, 11) is 0. The quantitative estimate of drug-likeness (QED) is 0.250. The average Bonchev–Trinajstić information content (AvgIpc) is 3.73. The van der Waals surface area contributed by atoms with Gasteiger partial charge in [0.15, 0.2) is 0 Å². The van der Waals surface area contributed by atoms with E-state index in [1.54, 1.807) is 18.2 Å². The van der Waals surface area contributed by atoms with E-state index in [2.05, 4.69) is 4.98 Å². The molecule has 8 aromatic rings. The van der Waals surface area contributed by atoms with E-state index in [1.807, 2.05) is 36.4 Å². The van der Waals surface area contributed by atoms with Crippen molar-refractivity contribution in [2.24, 2.45) is 0 Å². The molecule has 2 heterocycles. The Morgan fingerprint density at radius 3 is 2.24 bits per heavy atom. The zero-order valence-electron chi connectivity index (χ0n) is 33.6. The summed E-state index contributed by atoms with van der Waals surface area (Å²) in [5.41, 5.74) is 1.04. The first-order chi connectivity index (χ1) is 24.7. The second-order valence-corrected chi connectivity index (χ2v) is 8.82. The monoisotopic (exact) mass is 498 g/mol. The van der Waals surface area contributed by atoms with Gasteiger partial charge in [-0.2, -0.15) is 0 Å². The second kappa shape index (κ2) is 8.22. The van der Waals surface area contributed by atoms with Crippen LogP contribution < -0.4 is 0 Å². The number of hydrogen-bond donors (Lipinski definition) is 1. The zero-order valence-corrected chi connectivity index (χ0v) is 19.6. The van der Waals surface area contributed by atoms with Crippen molar-refractivity contribution in [2.75, 3.05) is 0 Å². The van der Waals surface area contributed by atoms with Gasteiger partial charge in [0.05, 0.1) is 30.2 Å². The van der Waals surface area contributed by atoms with Crippen LogP contribution in [0.25, 0.3) is 71.6 Å². The van der Waals surface area contributed by atoms with Gasteiger partial charge in [-0.15, -0.1) is 0 Å². The summed E-state index contributed by atoms with van der Waals surface area (Å²) in [6.07, 6.45) is 0. The van der Waals surface area contributed by atoms with E-state index in [0.717, 1.165) is 11.1 Å². The Morgan fingerprint density at radius 2 is 1.32 bits per heavy atom. The molecule has 2 aromatic heterocycles. The molecule has 0 fully saturated rings. The molecule has 178 valence electrons. The fourth-order valence-corrected chi connectivity index (χ4v) is 5.00. The summed E-state index contributed by atoms with van der Waals surface area (Å²) in [6, 6.07) is 8.99. The lowest BCUT2D eigenvalue weighted by molar-refractivity contribution is 1.18. The number of aromatic nitrogens is 2. The van der Waals surface area contributed by atoms with Crippen LogP contribution in [0.1, 0.15) is 19.2 Å². The van der Waals surface area contributed by atoms with Crippen LogP contribution in [0.3, 0.4) is 0 Å². The molecule has 0 aliphatic rings. The summed E-state index contributed by atoms with van der Waals surface area (Å²) in [6.45, 7) is 0. The van der Waals surface area contributed by atoms with Crippen molar-refractivity contribution >= 4 is 43.6 Å². The smallest absolute Gasteiger partial charge is 0.0645 e. The summed E-state index contributed by atoms with van der Waals surface area (Å²) in [4.78, 5) is 2.82. The van der Waals surface area contributed by atoms with Gasteiger partial charge in [-0.25, -0.2) is 0 Å². The molecule has 6 aromatic carbocycles. The molecule has 0 unspecified atom stereocenters. The third-order valence-electron chi connectivity index (χ3n) is 6.68. The number of nitrogens with zero attached hydrogens (tertiary/aromatic N) is 1. The van der Waals surface area contributed by atoms with Gasteiger partial charge >= 0.3 is 0 Å². The third-order valence-corrected chi connectivity index (χ3v) is 6.68. The van der Waals surface area contributed by atoms with E-state index in [4.69, 9.17) is 15.1 Å². The van der Waals surface area contributed by atoms with Gasteiger partial charge < -0.3 is 9.55 Å². The molecule has 2 heteroatoms. The molecule has 0 bridgehead atoms. The summed E-state index contributed by atoms with van der Waals surface area (Å²) >= 11 is 0. The molecule has 0 radical (unpaired) electrons. The number of hydrogen-bond acceptors (Lipinski definition) is 0. The van der Waals surface area contributed by atoms with E-state index in [9.17, 15) is 4.11 Å². The van der Waals surface area contributed by atoms with Gasteiger partial charge in [0, 0.05) is 43.8 Å². The van der Waals surface area contributed by atoms with E-state index in [-0.39, 0.29) is 54.7 Å². The fraction of sp³-hybridized carbons (Fsp3) is 0. The number of H-pyrrole nitrogens is 1. The van der Waals surface area contributed by atoms with Gasteiger partial charge in [0.25, 0.3) is 0 Å². The van der Waals surface area contributed by atoms with Crippen LogP contribution >= 0.6 is 0 Å². The topological polar surface area (TPSA) is 20.7 Å². The molecule has 8 rings (SSSR count). The largest absolute Gasteiger partial charge is 0.355 e. The van der Waals surface area contributed by atoms with E-state index in [0.29, 0.717) is 5.69 Å². The van der Waals surface area contributed by atoms with Gasteiger partial charge in [0.2, 0.25) is 0 Å². The Morgan fingerprint density at radius 1 is 0.553 bits per heavy atom. The maximum absolute atomic E-state index is 9.50. The first kappa shape index (κ1) is 11.5. The summed E-state index contributed by atoms with van der Waals surface area (Å²) in [5.74, 6) is 0. The van der Waals surface area contributed by atoms with Crippen molar-refractivity contribution in [3.8, 4) is 27.9 Å². The molecule has 0 saturated heterocycles. The van der Waals surface area contributed by atoms with Crippen LogP contribution in [-0.2, 0) is 0 Å². The Balaban J connectivity index is 1.65. The number of aromatic amines is 1. The van der Waals surface area contributed by atoms with Crippen LogP contribution in [0.15, 0.2) is 139 Å². The zero-order chi connectivity index (χ0) is 37.2. The molecule has 2 nitrogen and oxygen atoms in total. The number of nitrogens with one attached hydrogen (secondary N) is 1. The standard InChI is InChI=1S/C36H24N2/c1-2-10-24(11-3-1)25-12-8-13-27(22-25)38-35-19-7-5-15-30(35)31-17-9-16-28(36(31)38)26-20-21-34-32(23-26)29-14-4-6-18-33(29)37-34/h1-23,37H/i4D,5D,6D,7D,9D,14D,15D,16D,17D,18D,19D,20D,21D,23D. The highest BCUT2D eigenvalue weighted by Crippen LogP contribution is 2.40. The first-order valence-corrected chi connectivity index (χ1v) is 11.9. The van der Waals surface area contributed by atoms with Crippen LogP contribution in [0.4, 0.5) is 0 Å². The van der Waals surface area contributed by atoms with Gasteiger partial charge in [0.1, 0.15) is 0 Å². The van der Waals surface area contributed by atoms with Crippen molar-refractivity contribution in [3.63, 3.8) is 0 Å². The van der Waals surface area contributed by atoms with Crippen LogP contribution in [0.5, 0.6) is 0 Å². The fourth-order valence-electron chi connectivity index (χ4n) is 5.00. The lowest BCUT2D eigenvalue weighted by Gasteiger charge is -2.13. The van der Waals surface area contributed by atoms with Crippen LogP contribution in [0.2, 0.25) is 0 Å². The third kappa shape index (κ3) is 3.14. The minimum Gasteiger partial charge on any atom is -0.355 e. The van der Waals surface area contributed by atoms with Crippen molar-refractivity contribution in [3.05, 3.63) is 139 Å². The highest BCUT2D eigenvalue weighted by molar-refractivity contribution is 6.15. The highest BCUT2D eigenvalue weighted by Gasteiger charge is 2.17. The highest BCUT2D eigenvalue weighted by atomic mass is 15.0. The van der Waals surface area contributed by atoms with Crippen molar-refractivity contribution < 1.29 is 19.2 Å². The predicted octanol–water partition coefficient (Wildman–Crippen LogP) is 9.75. The lowest BCUT2D eigenvalue weighted by Crippen LogP contribution is -1.96. The Hall–Kier alpha value is -5.08. The second-order valence-electron chi connectivity index (χ2n) is 8.82.